The van der Waals surface area contributed by atoms with Crippen LogP contribution in [0.25, 0.3) is 11.0 Å². The molecule has 42 heavy (non-hydrogen) atoms. The summed E-state index contributed by atoms with van der Waals surface area (Å²) in [5.41, 5.74) is 2.64. The molecule has 1 aromatic carbocycles. The number of aromatic nitrogens is 2. The van der Waals surface area contributed by atoms with Crippen LogP contribution in [0.3, 0.4) is 0 Å². The third-order valence-electron chi connectivity index (χ3n) is 7.85. The number of carbonyl (C=O) groups is 3. The fourth-order valence-electron chi connectivity index (χ4n) is 5.25. The third-order valence-corrected chi connectivity index (χ3v) is 9.55. The van der Waals surface area contributed by atoms with E-state index in [2.05, 4.69) is 36.8 Å². The number of piperazine rings is 1. The second-order valence-electron chi connectivity index (χ2n) is 12.5. The van der Waals surface area contributed by atoms with Crippen LogP contribution in [0.4, 0.5) is 4.39 Å². The Labute approximate surface area is 248 Å². The van der Waals surface area contributed by atoms with Crippen LogP contribution < -0.4 is 5.32 Å². The number of rotatable bonds is 10. The summed E-state index contributed by atoms with van der Waals surface area (Å²) in [6, 6.07) is 9.18. The molecule has 1 N–H and O–H groups in total. The SMILES string of the molecule is CNC(=O)C(=O)c1cn(COCC[Si](C)(C)C)c2nc(C)c(C(=O)N3C[C@H](C)N(Cc4ccc(F)cc4)C[C@H]3C)cc12. The number of aryl methyl sites for hydroxylation is 1. The lowest BCUT2D eigenvalue weighted by molar-refractivity contribution is -0.116. The van der Waals surface area contributed by atoms with E-state index >= 15 is 0 Å². The number of ketones is 1. The highest BCUT2D eigenvalue weighted by Crippen LogP contribution is 2.27. The minimum atomic E-state index is -1.28. The fraction of sp³-hybridized carbons (Fsp3) is 0.484. The monoisotopic (exact) mass is 595 g/mol. The van der Waals surface area contributed by atoms with E-state index in [1.165, 1.54) is 19.2 Å². The normalized spacial score (nSPS) is 18.0. The highest BCUT2D eigenvalue weighted by Gasteiger charge is 2.34. The summed E-state index contributed by atoms with van der Waals surface area (Å²) < 4.78 is 21.0. The molecule has 2 atom stereocenters. The van der Waals surface area contributed by atoms with Gasteiger partial charge in [0.1, 0.15) is 18.2 Å². The topological polar surface area (TPSA) is 96.8 Å². The van der Waals surface area contributed by atoms with Crippen LogP contribution in [0.1, 0.15) is 45.8 Å². The van der Waals surface area contributed by atoms with Gasteiger partial charge >= 0.3 is 0 Å². The molecule has 4 rings (SSSR count). The highest BCUT2D eigenvalue weighted by molar-refractivity contribution is 6.76. The van der Waals surface area contributed by atoms with Crippen LogP contribution >= 0.6 is 0 Å². The number of nitrogens with zero attached hydrogens (tertiary/aromatic N) is 4. The van der Waals surface area contributed by atoms with Gasteiger partial charge in [-0.15, -0.1) is 0 Å². The maximum Gasteiger partial charge on any atom is 0.292 e. The van der Waals surface area contributed by atoms with Crippen LogP contribution in [-0.2, 0) is 22.8 Å². The van der Waals surface area contributed by atoms with Gasteiger partial charge in [0.25, 0.3) is 17.6 Å². The van der Waals surface area contributed by atoms with Crippen LogP contribution in [0, 0.1) is 12.7 Å². The lowest BCUT2D eigenvalue weighted by Gasteiger charge is -2.44. The van der Waals surface area contributed by atoms with Gasteiger partial charge in [-0.2, -0.15) is 0 Å². The predicted octanol–water partition coefficient (Wildman–Crippen LogP) is 4.46. The largest absolute Gasteiger partial charge is 0.361 e. The smallest absolute Gasteiger partial charge is 0.292 e. The van der Waals surface area contributed by atoms with Gasteiger partial charge in [0.05, 0.1) is 16.8 Å². The number of benzene rings is 1. The van der Waals surface area contributed by atoms with E-state index in [1.54, 1.807) is 35.9 Å². The molecule has 2 amide bonds. The van der Waals surface area contributed by atoms with Gasteiger partial charge in [-0.1, -0.05) is 31.8 Å². The van der Waals surface area contributed by atoms with Crippen molar-refractivity contribution < 1.29 is 23.5 Å². The molecule has 1 saturated heterocycles. The summed E-state index contributed by atoms with van der Waals surface area (Å²) in [7, 11) is 0.131. The molecule has 1 fully saturated rings. The zero-order valence-corrected chi connectivity index (χ0v) is 26.7. The molecule has 0 saturated carbocycles. The number of amides is 2. The lowest BCUT2D eigenvalue weighted by atomic mass is 10.0. The minimum Gasteiger partial charge on any atom is -0.361 e. The standard InChI is InChI=1S/C31H42FN5O4Si/c1-20-16-37(21(2)15-35(20)17-23-8-10-24(32)11-9-23)31(40)25-14-26-27(28(38)30(39)33-4)18-36(29(26)34-22(25)3)19-41-12-13-42(5,6)7/h8-11,14,18,20-21H,12-13,15-17,19H2,1-7H3,(H,33,39)/t20-,21+/m0/s1. The number of carbonyl (C=O) groups excluding carboxylic acids is 3. The number of nitrogens with one attached hydrogen (secondary N) is 1. The molecule has 0 bridgehead atoms. The Kier molecular flexibility index (Phi) is 9.64. The molecule has 0 spiro atoms. The molecular formula is C31H42FN5O4Si. The summed E-state index contributed by atoms with van der Waals surface area (Å²) in [6.45, 7) is 15.3. The van der Waals surface area contributed by atoms with Gasteiger partial charge in [0.2, 0.25) is 0 Å². The second-order valence-corrected chi connectivity index (χ2v) is 18.1. The molecule has 11 heteroatoms. The predicted molar refractivity (Wildman–Crippen MR) is 164 cm³/mol. The van der Waals surface area contributed by atoms with Crippen LogP contribution in [0.2, 0.25) is 25.7 Å². The Balaban J connectivity index is 1.60. The first kappa shape index (κ1) is 31.5. The van der Waals surface area contributed by atoms with Crippen molar-refractivity contribution in [1.29, 1.82) is 0 Å². The number of hydrogen-bond acceptors (Lipinski definition) is 6. The van der Waals surface area contributed by atoms with Crippen molar-refractivity contribution in [2.24, 2.45) is 0 Å². The van der Waals surface area contributed by atoms with Crippen molar-refractivity contribution in [3.63, 3.8) is 0 Å². The maximum atomic E-state index is 13.9. The van der Waals surface area contributed by atoms with E-state index in [4.69, 9.17) is 9.72 Å². The minimum absolute atomic E-state index is 0.0759. The summed E-state index contributed by atoms with van der Waals surface area (Å²) in [5.74, 6) is -1.85. The van der Waals surface area contributed by atoms with E-state index in [0.29, 0.717) is 48.5 Å². The van der Waals surface area contributed by atoms with Gasteiger partial charge in [-0.3, -0.25) is 19.3 Å². The van der Waals surface area contributed by atoms with Crippen LogP contribution in [0.5, 0.6) is 0 Å². The van der Waals surface area contributed by atoms with E-state index in [9.17, 15) is 18.8 Å². The quantitative estimate of drug-likeness (QED) is 0.161. The molecule has 0 unspecified atom stereocenters. The summed E-state index contributed by atoms with van der Waals surface area (Å²) >= 11 is 0. The number of likely N-dealkylation sites (N-methyl/N-ethyl adjacent to an activating group) is 1. The first-order valence-corrected chi connectivity index (χ1v) is 18.1. The highest BCUT2D eigenvalue weighted by atomic mass is 28.3. The van der Waals surface area contributed by atoms with Crippen LogP contribution in [0.15, 0.2) is 36.5 Å². The number of ether oxygens (including phenoxy) is 1. The number of Topliss-reactive ketones (excluding diaryl/α,β-unsaturated/α-hetero) is 1. The van der Waals surface area contributed by atoms with E-state index < -0.39 is 19.8 Å². The molecule has 2 aromatic heterocycles. The molecular weight excluding hydrogens is 553 g/mol. The number of pyridine rings is 1. The first-order valence-electron chi connectivity index (χ1n) is 14.4. The van der Waals surface area contributed by atoms with Crippen molar-refractivity contribution in [2.45, 2.75) is 71.8 Å². The van der Waals surface area contributed by atoms with Gasteiger partial charge < -0.3 is 19.5 Å². The second kappa shape index (κ2) is 12.8. The van der Waals surface area contributed by atoms with Crippen molar-refractivity contribution >= 4 is 36.7 Å². The maximum absolute atomic E-state index is 13.9. The summed E-state index contributed by atoms with van der Waals surface area (Å²) in [5, 5.41) is 2.84. The van der Waals surface area contributed by atoms with E-state index in [1.807, 2.05) is 11.8 Å². The molecule has 9 nitrogen and oxygen atoms in total. The van der Waals surface area contributed by atoms with E-state index in [0.717, 1.165) is 11.6 Å². The summed E-state index contributed by atoms with van der Waals surface area (Å²) in [4.78, 5) is 48.2. The average molecular weight is 596 g/mol. The Hall–Kier alpha value is -3.41. The number of fused-ring (bicyclic) bond motifs is 1. The third kappa shape index (κ3) is 7.13. The zero-order chi connectivity index (χ0) is 30.8. The van der Waals surface area contributed by atoms with Gasteiger partial charge in [0, 0.05) is 65.0 Å². The molecule has 0 aliphatic carbocycles. The molecule has 226 valence electrons. The lowest BCUT2D eigenvalue weighted by Crippen LogP contribution is -2.57. The Morgan fingerprint density at radius 1 is 1.07 bits per heavy atom. The van der Waals surface area contributed by atoms with Gasteiger partial charge in [-0.05, 0) is 50.6 Å². The average Bonchev–Trinajstić information content (AvgIpc) is 3.28. The van der Waals surface area contributed by atoms with Gasteiger partial charge in [0.15, 0.2) is 0 Å². The molecule has 1 aliphatic heterocycles. The Morgan fingerprint density at radius 3 is 2.40 bits per heavy atom. The fourth-order valence-corrected chi connectivity index (χ4v) is 6.01. The number of hydrogen-bond donors (Lipinski definition) is 1. The molecule has 1 aliphatic rings. The molecule has 3 heterocycles. The summed E-state index contributed by atoms with van der Waals surface area (Å²) in [6.07, 6.45) is 1.59. The first-order chi connectivity index (χ1) is 19.8. The van der Waals surface area contributed by atoms with Crippen molar-refractivity contribution in [1.82, 2.24) is 24.7 Å². The Morgan fingerprint density at radius 2 is 1.76 bits per heavy atom. The zero-order valence-electron chi connectivity index (χ0n) is 25.7. The van der Waals surface area contributed by atoms with Crippen molar-refractivity contribution in [3.05, 3.63) is 64.7 Å². The van der Waals surface area contributed by atoms with Crippen LogP contribution in [-0.4, -0.2) is 83.9 Å². The number of halogens is 1. The van der Waals surface area contributed by atoms with Crippen molar-refractivity contribution in [2.75, 3.05) is 26.7 Å². The van der Waals surface area contributed by atoms with Crippen molar-refractivity contribution in [3.8, 4) is 0 Å². The Bertz CT molecular complexity index is 1470. The van der Waals surface area contributed by atoms with Gasteiger partial charge in [-0.25, -0.2) is 9.37 Å². The molecule has 0 radical (unpaired) electrons. The van der Waals surface area contributed by atoms with E-state index in [-0.39, 0.29) is 36.1 Å². The molecule has 3 aromatic rings.